The molecule has 0 unspecified atom stereocenters. The zero-order valence-electron chi connectivity index (χ0n) is 62.4. The van der Waals surface area contributed by atoms with Crippen LogP contribution in [0.2, 0.25) is 0 Å². The van der Waals surface area contributed by atoms with Crippen LogP contribution in [0.4, 0.5) is 0 Å². The van der Waals surface area contributed by atoms with Crippen LogP contribution in [0.15, 0.2) is 334 Å². The first-order chi connectivity index (χ1) is 54.4. The van der Waals surface area contributed by atoms with Gasteiger partial charge in [0, 0.05) is 56.7 Å². The molecule has 12 aromatic carbocycles. The Morgan fingerprint density at radius 1 is 0.232 bits per heavy atom. The van der Waals surface area contributed by atoms with E-state index in [9.17, 15) is 0 Å². The summed E-state index contributed by atoms with van der Waals surface area (Å²) in [5.41, 5.74) is 36.2. The Hall–Kier alpha value is -12.4. The molecule has 8 heteroatoms. The zero-order chi connectivity index (χ0) is 74.5. The van der Waals surface area contributed by atoms with Gasteiger partial charge in [0.1, 0.15) is 0 Å². The normalized spacial score (nSPS) is 10.9. The van der Waals surface area contributed by atoms with Gasteiger partial charge in [-0.15, -0.1) is 141 Å². The first-order valence-electron chi connectivity index (χ1n) is 37.6. The van der Waals surface area contributed by atoms with E-state index in [1.54, 1.807) is 12.4 Å². The van der Waals surface area contributed by atoms with Gasteiger partial charge in [-0.1, -0.05) is 254 Å². The van der Waals surface area contributed by atoms with Gasteiger partial charge in [0.25, 0.3) is 0 Å². The molecule has 0 saturated heterocycles. The fourth-order valence-corrected chi connectivity index (χ4v) is 14.8. The Bertz CT molecular complexity index is 5770. The molecule has 0 N–H and O–H groups in total. The summed E-state index contributed by atoms with van der Waals surface area (Å²) in [6.45, 7) is 8.86. The number of rotatable bonds is 19. The molecule has 0 aliphatic carbocycles. The van der Waals surface area contributed by atoms with Crippen molar-refractivity contribution >= 4 is 0 Å². The quantitative estimate of drug-likeness (QED) is 0.0593. The summed E-state index contributed by atoms with van der Waals surface area (Å²) >= 11 is 0. The van der Waals surface area contributed by atoms with Crippen LogP contribution < -0.4 is 0 Å². The molecule has 17 rings (SSSR count). The van der Waals surface area contributed by atoms with E-state index in [-0.39, 0.29) is 39.0 Å². The van der Waals surface area contributed by atoms with E-state index in [1.165, 1.54) is 66.8 Å². The van der Waals surface area contributed by atoms with Crippen molar-refractivity contribution in [2.75, 3.05) is 0 Å². The topological polar surface area (TPSA) is 77.3 Å². The van der Waals surface area contributed by atoms with E-state index in [2.05, 4.69) is 300 Å². The van der Waals surface area contributed by atoms with Gasteiger partial charge < -0.3 is 29.9 Å². The van der Waals surface area contributed by atoms with E-state index >= 15 is 0 Å². The minimum atomic E-state index is 0. The van der Waals surface area contributed by atoms with Gasteiger partial charge in [0.05, 0.1) is 0 Å². The summed E-state index contributed by atoms with van der Waals surface area (Å²) in [6.07, 6.45) is 14.4. The van der Waals surface area contributed by atoms with Crippen molar-refractivity contribution in [3.8, 4) is 168 Å². The second-order valence-electron chi connectivity index (χ2n) is 26.9. The van der Waals surface area contributed by atoms with Gasteiger partial charge in [0.15, 0.2) is 0 Å². The molecule has 112 heavy (non-hydrogen) atoms. The summed E-state index contributed by atoms with van der Waals surface area (Å²) in [5, 5.41) is 0. The standard InChI is InChI=1S/C60H41N4.C44H34N2.2Rh/c1-3-41-36-45(58-22-11-13-32-61-58)28-30-54(41)56-20-9-7-18-52(56)48-38-47(51-17-6-5-16-50(51)43-24-26-44(27-25-43)60-63-34-15-35-64-60)39-49(40-48)53-19-8-10-21-57(53)55-31-29-46(37-42(55)4-2)59-23-12-14-33-62-59;1-3-31-28-35(43-20-9-11-26-45-43)22-24-39(31)41-18-7-5-16-37(41)33-14-13-15-34(30-33)38-17-6-8-19-42(38)40-25-23-36(29-32(40)4-2)44-21-10-12-27-46-44;;/h5-15,17-25,30-40H,3-4H2,1-2H3;5-21,24-30H,3-4H2,1-2H3;;/q-5;-2;;+3. The van der Waals surface area contributed by atoms with Crippen molar-refractivity contribution in [1.29, 1.82) is 0 Å². The van der Waals surface area contributed by atoms with Gasteiger partial charge in [-0.25, -0.2) is 23.3 Å². The molecule has 0 fully saturated rings. The van der Waals surface area contributed by atoms with Crippen LogP contribution in [0.3, 0.4) is 0 Å². The molecule has 0 saturated carbocycles. The Labute approximate surface area is 683 Å². The van der Waals surface area contributed by atoms with E-state index < -0.39 is 0 Å². The van der Waals surface area contributed by atoms with Crippen molar-refractivity contribution in [3.63, 3.8) is 0 Å². The van der Waals surface area contributed by atoms with Crippen LogP contribution in [0.25, 0.3) is 168 Å². The molecule has 0 bridgehead atoms. The van der Waals surface area contributed by atoms with E-state index in [0.29, 0.717) is 11.4 Å². The second kappa shape index (κ2) is 35.9. The summed E-state index contributed by atoms with van der Waals surface area (Å²) in [5.74, 6) is 0.589. The maximum absolute atomic E-state index is 4.63. The maximum atomic E-state index is 4.63. The number of nitrogens with zero attached hydrogens (tertiary/aromatic N) is 6. The maximum Gasteiger partial charge on any atom is 3.00 e. The predicted molar refractivity (Wildman–Crippen MR) is 451 cm³/mol. The van der Waals surface area contributed by atoms with Crippen molar-refractivity contribution < 1.29 is 39.0 Å². The fourth-order valence-electron chi connectivity index (χ4n) is 14.8. The van der Waals surface area contributed by atoms with Crippen LogP contribution in [0.1, 0.15) is 49.9 Å². The number of aromatic nitrogens is 6. The van der Waals surface area contributed by atoms with Crippen LogP contribution in [0, 0.1) is 42.5 Å². The Morgan fingerprint density at radius 3 is 0.857 bits per heavy atom. The van der Waals surface area contributed by atoms with Gasteiger partial charge in [-0.2, -0.15) is 11.6 Å². The minimum absolute atomic E-state index is 0. The monoisotopic (exact) mass is 1610 g/mol. The summed E-state index contributed by atoms with van der Waals surface area (Å²) in [4.78, 5) is 27.2. The van der Waals surface area contributed by atoms with Crippen LogP contribution in [-0.2, 0) is 64.6 Å². The Balaban J connectivity index is 0.000000192. The number of pyridine rings is 4. The van der Waals surface area contributed by atoms with Crippen molar-refractivity contribution in [2.24, 2.45) is 0 Å². The first kappa shape index (κ1) is 76.3. The van der Waals surface area contributed by atoms with Gasteiger partial charge in [0.2, 0.25) is 0 Å². The minimum Gasteiger partial charge on any atom is -0.333 e. The molecule has 5 heterocycles. The molecule has 0 atom stereocenters. The number of hydrogen-bond donors (Lipinski definition) is 0. The summed E-state index contributed by atoms with van der Waals surface area (Å²) in [7, 11) is 0. The SMILES string of the molecule is CCc1cc(-c2ccccn2)[c-]cc1-c1ccccc1-c1cc(-c2ccc[c-]c2-c2c[c-]c(-c3ncccn3)[c-]c2)cc(-c2ccccc2-c2c[c-]c(-c3ccccn3)cc2CC)c1.CCc1cc(-c2ccccn2)[c-]cc1-c1ccccc1-c1cccc(-c2ccccc2-c2c[c-]c(-c3ccccn3)cc2CC)c1.[Rh+3].[Rh]. The largest absolute Gasteiger partial charge is 3.00 e. The molecular weight excluding hydrogens is 1540 g/mol. The van der Waals surface area contributed by atoms with Gasteiger partial charge in [-0.3, -0.25) is 12.1 Å². The Kier molecular flexibility index (Phi) is 24.5. The molecule has 6 nitrogen and oxygen atoms in total. The molecule has 0 aliphatic heterocycles. The number of aryl methyl sites for hydroxylation is 4. The van der Waals surface area contributed by atoms with Crippen molar-refractivity contribution in [2.45, 2.75) is 53.4 Å². The van der Waals surface area contributed by atoms with E-state index in [0.717, 1.165) is 137 Å². The van der Waals surface area contributed by atoms with E-state index in [4.69, 9.17) is 0 Å². The number of benzene rings is 12. The molecule has 1 radical (unpaired) electrons. The zero-order valence-corrected chi connectivity index (χ0v) is 65.7. The summed E-state index contributed by atoms with van der Waals surface area (Å²) in [6, 6.07) is 129. The third-order valence-corrected chi connectivity index (χ3v) is 20.3. The molecule has 17 aromatic rings. The van der Waals surface area contributed by atoms with Crippen LogP contribution >= 0.6 is 0 Å². The average molecular weight is 1610 g/mol. The molecule has 5 aromatic heterocycles. The predicted octanol–water partition coefficient (Wildman–Crippen LogP) is 25.6. The van der Waals surface area contributed by atoms with Crippen LogP contribution in [-0.4, -0.2) is 29.9 Å². The molecular formula is C104H75N6Rh2-4. The van der Waals surface area contributed by atoms with Crippen LogP contribution in [0.5, 0.6) is 0 Å². The molecule has 543 valence electrons. The summed E-state index contributed by atoms with van der Waals surface area (Å²) < 4.78 is 0. The van der Waals surface area contributed by atoms with Crippen molar-refractivity contribution in [1.82, 2.24) is 29.9 Å². The third-order valence-electron chi connectivity index (χ3n) is 20.3. The van der Waals surface area contributed by atoms with E-state index in [1.807, 2.05) is 122 Å². The smallest absolute Gasteiger partial charge is 0.333 e. The van der Waals surface area contributed by atoms with Gasteiger partial charge >= 0.3 is 19.5 Å². The second-order valence-corrected chi connectivity index (χ2v) is 26.9. The number of hydrogen-bond acceptors (Lipinski definition) is 6. The third kappa shape index (κ3) is 16.5. The fraction of sp³-hybridized carbons (Fsp3) is 0.0769. The first-order valence-corrected chi connectivity index (χ1v) is 37.6. The molecule has 0 aliphatic rings. The molecule has 0 spiro atoms. The Morgan fingerprint density at radius 2 is 0.527 bits per heavy atom. The van der Waals surface area contributed by atoms with Gasteiger partial charge in [-0.05, 0) is 141 Å². The average Bonchev–Trinajstić information content (AvgIpc) is 0.758. The molecule has 0 amide bonds. The van der Waals surface area contributed by atoms with Crippen molar-refractivity contribution in [3.05, 3.63) is 399 Å².